The van der Waals surface area contributed by atoms with E-state index >= 15 is 0 Å². The zero-order chi connectivity index (χ0) is 19.0. The van der Waals surface area contributed by atoms with Crippen molar-refractivity contribution in [1.82, 2.24) is 10.2 Å². The van der Waals surface area contributed by atoms with Crippen LogP contribution in [0.15, 0.2) is 53.5 Å². The van der Waals surface area contributed by atoms with Gasteiger partial charge in [0.25, 0.3) is 11.8 Å². The number of piperidine rings is 1. The molecule has 27 heavy (non-hydrogen) atoms. The molecule has 0 aliphatic carbocycles. The largest absolute Gasteiger partial charge is 0.338 e. The summed E-state index contributed by atoms with van der Waals surface area (Å²) in [6.07, 6.45) is 1.07. The van der Waals surface area contributed by atoms with Crippen molar-refractivity contribution >= 4 is 17.5 Å². The lowest BCUT2D eigenvalue weighted by atomic mass is 9.97. The lowest BCUT2D eigenvalue weighted by Gasteiger charge is -2.37. The molecule has 2 heterocycles. The van der Waals surface area contributed by atoms with Crippen LogP contribution in [-0.4, -0.2) is 41.2 Å². The van der Waals surface area contributed by atoms with Gasteiger partial charge in [-0.05, 0) is 31.2 Å². The second-order valence-corrected chi connectivity index (χ2v) is 7.12. The number of hydrogen-bond donors (Lipinski definition) is 1. The first-order chi connectivity index (χ1) is 13.0. The predicted octanol–water partition coefficient (Wildman–Crippen LogP) is 2.69. The van der Waals surface area contributed by atoms with Crippen LogP contribution in [0.2, 0.25) is 0 Å². The molecule has 2 aromatic carbocycles. The van der Waals surface area contributed by atoms with Crippen LogP contribution in [0.5, 0.6) is 0 Å². The molecule has 2 aromatic rings. The van der Waals surface area contributed by atoms with Crippen LogP contribution in [0, 0.1) is 12.7 Å². The average Bonchev–Trinajstić information content (AvgIpc) is 2.98. The van der Waals surface area contributed by atoms with Crippen molar-refractivity contribution in [2.75, 3.05) is 13.1 Å². The number of benzene rings is 2. The Morgan fingerprint density at radius 3 is 2.59 bits per heavy atom. The Morgan fingerprint density at radius 1 is 1.15 bits per heavy atom. The standard InChI is InChI=1S/C21H20FN3O2/c1-14-4-2-5-15(12-14)18-19(26)24-21(23-18)8-10-25(11-9-21)20(27)16-6-3-7-17(22)13-16/h2-7,12-13H,8-11H2,1H3,(H,24,26). The summed E-state index contributed by atoms with van der Waals surface area (Å²) in [5.41, 5.74) is 2.01. The van der Waals surface area contributed by atoms with Crippen LogP contribution in [0.25, 0.3) is 0 Å². The van der Waals surface area contributed by atoms with Gasteiger partial charge in [-0.1, -0.05) is 29.8 Å². The zero-order valence-electron chi connectivity index (χ0n) is 15.0. The average molecular weight is 365 g/mol. The highest BCUT2D eigenvalue weighted by Crippen LogP contribution is 2.29. The van der Waals surface area contributed by atoms with E-state index in [9.17, 15) is 14.0 Å². The number of aryl methyl sites for hydroxylation is 1. The van der Waals surface area contributed by atoms with Gasteiger partial charge in [-0.3, -0.25) is 14.6 Å². The van der Waals surface area contributed by atoms with E-state index in [0.717, 1.165) is 11.1 Å². The second-order valence-electron chi connectivity index (χ2n) is 7.12. The third-order valence-electron chi connectivity index (χ3n) is 5.13. The summed E-state index contributed by atoms with van der Waals surface area (Å²) in [5.74, 6) is -0.799. The molecule has 6 heteroatoms. The molecule has 5 nitrogen and oxygen atoms in total. The Bertz CT molecular complexity index is 946. The van der Waals surface area contributed by atoms with Gasteiger partial charge in [0.2, 0.25) is 0 Å². The molecular formula is C21H20FN3O2. The topological polar surface area (TPSA) is 61.8 Å². The van der Waals surface area contributed by atoms with Crippen molar-refractivity contribution in [3.05, 3.63) is 71.0 Å². The number of aliphatic imine (C=N–C) groups is 1. The van der Waals surface area contributed by atoms with Gasteiger partial charge in [-0.15, -0.1) is 0 Å². The van der Waals surface area contributed by atoms with Crippen molar-refractivity contribution in [1.29, 1.82) is 0 Å². The maximum atomic E-state index is 13.4. The molecule has 0 unspecified atom stereocenters. The smallest absolute Gasteiger partial charge is 0.272 e. The molecule has 138 valence electrons. The van der Waals surface area contributed by atoms with Crippen LogP contribution >= 0.6 is 0 Å². The first-order valence-corrected chi connectivity index (χ1v) is 9.00. The summed E-state index contributed by atoms with van der Waals surface area (Å²) in [5, 5.41) is 3.01. The highest BCUT2D eigenvalue weighted by Gasteiger charge is 2.42. The monoisotopic (exact) mass is 365 g/mol. The number of carbonyl (C=O) groups is 2. The van der Waals surface area contributed by atoms with Gasteiger partial charge in [0.1, 0.15) is 17.2 Å². The van der Waals surface area contributed by atoms with Gasteiger partial charge in [0.15, 0.2) is 0 Å². The molecule has 0 atom stereocenters. The van der Waals surface area contributed by atoms with Gasteiger partial charge in [0, 0.05) is 37.1 Å². The van der Waals surface area contributed by atoms with Crippen LogP contribution < -0.4 is 5.32 Å². The summed E-state index contributed by atoms with van der Waals surface area (Å²) in [4.78, 5) is 31.4. The highest BCUT2D eigenvalue weighted by molar-refractivity contribution is 6.46. The van der Waals surface area contributed by atoms with E-state index in [4.69, 9.17) is 4.99 Å². The molecule has 0 saturated carbocycles. The summed E-state index contributed by atoms with van der Waals surface area (Å²) in [6, 6.07) is 13.4. The van der Waals surface area contributed by atoms with Crippen molar-refractivity contribution in [2.45, 2.75) is 25.4 Å². The third-order valence-corrected chi connectivity index (χ3v) is 5.13. The molecule has 2 amide bonds. The molecule has 1 N–H and O–H groups in total. The first-order valence-electron chi connectivity index (χ1n) is 9.00. The van der Waals surface area contributed by atoms with Crippen molar-refractivity contribution in [3.8, 4) is 0 Å². The Hall–Kier alpha value is -3.02. The second kappa shape index (κ2) is 6.61. The molecule has 4 rings (SSSR count). The maximum Gasteiger partial charge on any atom is 0.272 e. The van der Waals surface area contributed by atoms with Gasteiger partial charge in [0.05, 0.1) is 0 Å². The number of amides is 2. The van der Waals surface area contributed by atoms with Gasteiger partial charge in [-0.25, -0.2) is 4.39 Å². The minimum atomic E-state index is -0.658. The molecule has 2 aliphatic rings. The van der Waals surface area contributed by atoms with E-state index in [1.54, 1.807) is 11.0 Å². The molecule has 0 radical (unpaired) electrons. The minimum absolute atomic E-state index is 0.175. The Morgan fingerprint density at radius 2 is 1.89 bits per heavy atom. The van der Waals surface area contributed by atoms with Gasteiger partial charge >= 0.3 is 0 Å². The lowest BCUT2D eigenvalue weighted by molar-refractivity contribution is -0.115. The number of rotatable bonds is 2. The number of halogens is 1. The Labute approximate surface area is 156 Å². The number of hydrogen-bond acceptors (Lipinski definition) is 3. The normalized spacial score (nSPS) is 18.4. The van der Waals surface area contributed by atoms with Crippen molar-refractivity contribution < 1.29 is 14.0 Å². The van der Waals surface area contributed by atoms with Gasteiger partial charge < -0.3 is 10.2 Å². The fraction of sp³-hybridized carbons (Fsp3) is 0.286. The van der Waals surface area contributed by atoms with Crippen LogP contribution in [0.4, 0.5) is 4.39 Å². The zero-order valence-corrected chi connectivity index (χ0v) is 15.0. The van der Waals surface area contributed by atoms with Crippen molar-refractivity contribution in [3.63, 3.8) is 0 Å². The first kappa shape index (κ1) is 17.4. The molecule has 0 aromatic heterocycles. The Balaban J connectivity index is 1.50. The number of nitrogens with zero attached hydrogens (tertiary/aromatic N) is 2. The maximum absolute atomic E-state index is 13.4. The Kier molecular flexibility index (Phi) is 4.26. The summed E-state index contributed by atoms with van der Waals surface area (Å²) in [7, 11) is 0. The molecule has 1 fully saturated rings. The summed E-state index contributed by atoms with van der Waals surface area (Å²) < 4.78 is 13.4. The van der Waals surface area contributed by atoms with E-state index in [1.807, 2.05) is 31.2 Å². The van der Waals surface area contributed by atoms with E-state index in [0.29, 0.717) is 37.2 Å². The van der Waals surface area contributed by atoms with Gasteiger partial charge in [-0.2, -0.15) is 0 Å². The summed E-state index contributed by atoms with van der Waals surface area (Å²) in [6.45, 7) is 2.89. The quantitative estimate of drug-likeness (QED) is 0.889. The molecule has 1 saturated heterocycles. The molecule has 0 bridgehead atoms. The van der Waals surface area contributed by atoms with Crippen LogP contribution in [-0.2, 0) is 4.79 Å². The molecule has 2 aliphatic heterocycles. The predicted molar refractivity (Wildman–Crippen MR) is 100 cm³/mol. The van der Waals surface area contributed by atoms with Crippen LogP contribution in [0.3, 0.4) is 0 Å². The highest BCUT2D eigenvalue weighted by atomic mass is 19.1. The minimum Gasteiger partial charge on any atom is -0.338 e. The van der Waals surface area contributed by atoms with E-state index < -0.39 is 11.5 Å². The van der Waals surface area contributed by atoms with E-state index in [1.165, 1.54) is 18.2 Å². The number of carbonyl (C=O) groups excluding carboxylic acids is 2. The van der Waals surface area contributed by atoms with Crippen molar-refractivity contribution in [2.24, 2.45) is 4.99 Å². The number of nitrogens with one attached hydrogen (secondary N) is 1. The lowest BCUT2D eigenvalue weighted by Crippen LogP contribution is -2.52. The molecule has 1 spiro atoms. The number of likely N-dealkylation sites (tertiary alicyclic amines) is 1. The molecular weight excluding hydrogens is 345 g/mol. The van der Waals surface area contributed by atoms with E-state index in [2.05, 4.69) is 5.32 Å². The fourth-order valence-corrected chi connectivity index (χ4v) is 3.67. The van der Waals surface area contributed by atoms with Crippen LogP contribution in [0.1, 0.15) is 34.3 Å². The SMILES string of the molecule is Cc1cccc(C2=NC3(CCN(C(=O)c4cccc(F)c4)CC3)NC2=O)c1. The third kappa shape index (κ3) is 3.35. The fourth-order valence-electron chi connectivity index (χ4n) is 3.67. The summed E-state index contributed by atoms with van der Waals surface area (Å²) >= 11 is 0. The van der Waals surface area contributed by atoms with E-state index in [-0.39, 0.29) is 11.8 Å².